The van der Waals surface area contributed by atoms with E-state index in [-0.39, 0.29) is 18.0 Å². The van der Waals surface area contributed by atoms with Gasteiger partial charge in [0.1, 0.15) is 6.10 Å². The topological polar surface area (TPSA) is 29.5 Å². The average Bonchev–Trinajstić information content (AvgIpc) is 3.02. The van der Waals surface area contributed by atoms with Gasteiger partial charge in [0, 0.05) is 12.5 Å². The summed E-state index contributed by atoms with van der Waals surface area (Å²) in [6, 6.07) is 10.9. The van der Waals surface area contributed by atoms with Crippen molar-refractivity contribution in [3.05, 3.63) is 48.0 Å². The summed E-state index contributed by atoms with van der Waals surface area (Å²) in [6.45, 7) is 9.97. The van der Waals surface area contributed by atoms with E-state index < -0.39 is 0 Å². The van der Waals surface area contributed by atoms with E-state index in [1.54, 1.807) is 0 Å². The van der Waals surface area contributed by atoms with E-state index in [0.717, 1.165) is 38.4 Å². The van der Waals surface area contributed by atoms with Crippen molar-refractivity contribution in [3.63, 3.8) is 0 Å². The van der Waals surface area contributed by atoms with Crippen LogP contribution in [0.3, 0.4) is 0 Å². The van der Waals surface area contributed by atoms with Crippen LogP contribution in [0, 0.1) is 29.1 Å². The first kappa shape index (κ1) is 20.3. The Labute approximate surface area is 181 Å². The van der Waals surface area contributed by atoms with Gasteiger partial charge in [-0.3, -0.25) is 4.79 Å². The number of esters is 1. The molecule has 2 heterocycles. The minimum Gasteiger partial charge on any atom is -0.462 e. The number of hydrogen-bond acceptors (Lipinski definition) is 3. The van der Waals surface area contributed by atoms with Crippen LogP contribution in [-0.4, -0.2) is 36.6 Å². The van der Waals surface area contributed by atoms with E-state index in [0.29, 0.717) is 17.3 Å². The van der Waals surface area contributed by atoms with Gasteiger partial charge in [-0.2, -0.15) is 0 Å². The number of allylic oxidation sites excluding steroid dienone is 1. The van der Waals surface area contributed by atoms with E-state index in [1.807, 2.05) is 0 Å². The quantitative estimate of drug-likeness (QED) is 0.504. The summed E-state index contributed by atoms with van der Waals surface area (Å²) >= 11 is 0. The molecule has 2 saturated carbocycles. The average molecular weight is 408 g/mol. The second-order valence-electron chi connectivity index (χ2n) is 10.8. The summed E-state index contributed by atoms with van der Waals surface area (Å²) in [5, 5.41) is 0. The molecular weight excluding hydrogens is 370 g/mol. The number of carbonyl (C=O) groups excluding carboxylic acids is 1. The highest BCUT2D eigenvalue weighted by atomic mass is 16.6. The summed E-state index contributed by atoms with van der Waals surface area (Å²) in [7, 11) is 0. The van der Waals surface area contributed by atoms with Gasteiger partial charge >= 0.3 is 5.97 Å². The molecule has 0 unspecified atom stereocenters. The number of rotatable bonds is 4. The Morgan fingerprint density at radius 3 is 2.73 bits per heavy atom. The highest BCUT2D eigenvalue weighted by Crippen LogP contribution is 2.57. The minimum atomic E-state index is 0.0694. The third kappa shape index (κ3) is 3.86. The summed E-state index contributed by atoms with van der Waals surface area (Å²) in [5.74, 6) is 1.89. The Morgan fingerprint density at radius 2 is 1.97 bits per heavy atom. The molecule has 0 amide bonds. The monoisotopic (exact) mass is 407 g/mol. The number of carbonyl (C=O) groups is 1. The molecule has 0 bridgehead atoms. The van der Waals surface area contributed by atoms with Crippen molar-refractivity contribution in [2.75, 3.05) is 19.6 Å². The van der Waals surface area contributed by atoms with Gasteiger partial charge in [-0.25, -0.2) is 0 Å². The Bertz CT molecular complexity index is 781. The van der Waals surface area contributed by atoms with E-state index in [1.165, 1.54) is 49.7 Å². The second kappa shape index (κ2) is 8.15. The Kier molecular flexibility index (Phi) is 5.51. The lowest BCUT2D eigenvalue weighted by Crippen LogP contribution is -2.46. The molecule has 1 aromatic rings. The molecule has 1 aromatic carbocycles. The van der Waals surface area contributed by atoms with E-state index >= 15 is 0 Å². The number of piperidine rings is 1. The fourth-order valence-electron chi connectivity index (χ4n) is 7.06. The summed E-state index contributed by atoms with van der Waals surface area (Å²) in [4.78, 5) is 15.4. The first-order valence-electron chi connectivity index (χ1n) is 12.2. The van der Waals surface area contributed by atoms with Crippen molar-refractivity contribution in [2.45, 2.75) is 64.4 Å². The lowest BCUT2D eigenvalue weighted by atomic mass is 9.55. The van der Waals surface area contributed by atoms with Crippen LogP contribution in [0.15, 0.2) is 42.5 Å². The van der Waals surface area contributed by atoms with Crippen molar-refractivity contribution >= 4 is 5.97 Å². The fourth-order valence-corrected chi connectivity index (χ4v) is 7.06. The Morgan fingerprint density at radius 1 is 1.20 bits per heavy atom. The number of likely N-dealkylation sites (tertiary alicyclic amines) is 1. The van der Waals surface area contributed by atoms with Gasteiger partial charge in [-0.1, -0.05) is 49.4 Å². The van der Waals surface area contributed by atoms with Gasteiger partial charge in [0.05, 0.1) is 5.92 Å². The normalized spacial score (nSPS) is 37.5. The van der Waals surface area contributed by atoms with Crippen molar-refractivity contribution in [2.24, 2.45) is 29.1 Å². The number of hydrogen-bond donors (Lipinski definition) is 0. The maximum absolute atomic E-state index is 12.8. The molecule has 5 rings (SSSR count). The maximum atomic E-state index is 12.8. The lowest BCUT2D eigenvalue weighted by molar-refractivity contribution is -0.146. The van der Waals surface area contributed by atoms with Crippen molar-refractivity contribution in [3.8, 4) is 0 Å². The van der Waals surface area contributed by atoms with Crippen LogP contribution >= 0.6 is 0 Å². The first-order chi connectivity index (χ1) is 14.5. The third-order valence-corrected chi connectivity index (χ3v) is 8.85. The van der Waals surface area contributed by atoms with Crippen LogP contribution in [0.2, 0.25) is 0 Å². The highest BCUT2D eigenvalue weighted by Gasteiger charge is 2.55. The van der Waals surface area contributed by atoms with Gasteiger partial charge in [0.2, 0.25) is 0 Å². The number of nitrogens with zero attached hydrogens (tertiary/aromatic N) is 1. The molecule has 2 saturated heterocycles. The molecule has 5 atom stereocenters. The van der Waals surface area contributed by atoms with E-state index in [9.17, 15) is 4.79 Å². The smallest absolute Gasteiger partial charge is 0.310 e. The van der Waals surface area contributed by atoms with Crippen molar-refractivity contribution < 1.29 is 9.53 Å². The molecule has 3 nitrogen and oxygen atoms in total. The van der Waals surface area contributed by atoms with Gasteiger partial charge in [-0.15, -0.1) is 0 Å². The van der Waals surface area contributed by atoms with Crippen LogP contribution in [0.1, 0.15) is 57.4 Å². The molecule has 3 heteroatoms. The van der Waals surface area contributed by atoms with Crippen LogP contribution in [-0.2, 0) is 16.0 Å². The predicted molar refractivity (Wildman–Crippen MR) is 120 cm³/mol. The molecular formula is C27H37NO2. The molecule has 2 aliphatic heterocycles. The second-order valence-corrected chi connectivity index (χ2v) is 10.8. The van der Waals surface area contributed by atoms with Crippen LogP contribution in [0.25, 0.3) is 0 Å². The van der Waals surface area contributed by atoms with Gasteiger partial charge in [0.15, 0.2) is 0 Å². The molecule has 0 N–H and O–H groups in total. The van der Waals surface area contributed by atoms with Crippen molar-refractivity contribution in [1.29, 1.82) is 0 Å². The molecule has 30 heavy (non-hydrogen) atoms. The summed E-state index contributed by atoms with van der Waals surface area (Å²) in [6.07, 6.45) is 9.65. The van der Waals surface area contributed by atoms with Crippen LogP contribution in [0.5, 0.6) is 0 Å². The third-order valence-electron chi connectivity index (χ3n) is 8.85. The van der Waals surface area contributed by atoms with Gasteiger partial charge < -0.3 is 9.64 Å². The summed E-state index contributed by atoms with van der Waals surface area (Å²) < 4.78 is 5.97. The number of ether oxygens (including phenoxy) is 1. The molecule has 4 fully saturated rings. The van der Waals surface area contributed by atoms with Gasteiger partial charge in [-0.05, 0) is 87.3 Å². The first-order valence-corrected chi connectivity index (χ1v) is 12.2. The Hall–Kier alpha value is -1.61. The molecule has 0 spiro atoms. The number of benzene rings is 1. The van der Waals surface area contributed by atoms with Crippen LogP contribution < -0.4 is 0 Å². The molecule has 0 aromatic heterocycles. The fraction of sp³-hybridized carbons (Fsp3) is 0.667. The lowest BCUT2D eigenvalue weighted by Gasteiger charge is -2.50. The van der Waals surface area contributed by atoms with Crippen LogP contribution in [0.4, 0.5) is 0 Å². The molecule has 162 valence electrons. The SMILES string of the molecule is C=C1CCC[C@]2(C)C[C@H]3OC(=O)[C@@H](CN4CCC(Cc5ccccc5)CC4)[C@@H]3C[C@@H]12. The summed E-state index contributed by atoms with van der Waals surface area (Å²) in [5.41, 5.74) is 3.18. The largest absolute Gasteiger partial charge is 0.462 e. The zero-order valence-corrected chi connectivity index (χ0v) is 18.5. The van der Waals surface area contributed by atoms with Crippen molar-refractivity contribution in [1.82, 2.24) is 4.90 Å². The Balaban J connectivity index is 1.19. The molecule has 2 aliphatic carbocycles. The van der Waals surface area contributed by atoms with E-state index in [4.69, 9.17) is 4.74 Å². The van der Waals surface area contributed by atoms with Gasteiger partial charge in [0.25, 0.3) is 0 Å². The minimum absolute atomic E-state index is 0.0694. The zero-order valence-electron chi connectivity index (χ0n) is 18.5. The molecule has 4 aliphatic rings. The number of fused-ring (bicyclic) bond motifs is 2. The standard InChI is InChI=1S/C27H37NO2/c1-19-7-6-12-27(2)17-25-22(16-24(19)27)23(26(29)30-25)18-28-13-10-21(11-14-28)15-20-8-4-3-5-9-20/h3-5,8-9,21-25H,1,6-7,10-18H2,2H3/t22-,23-,24-,25+,27+/m0/s1. The molecule has 0 radical (unpaired) electrons. The maximum Gasteiger partial charge on any atom is 0.310 e. The zero-order chi connectivity index (χ0) is 20.7. The highest BCUT2D eigenvalue weighted by molar-refractivity contribution is 5.75. The van der Waals surface area contributed by atoms with E-state index in [2.05, 4.69) is 48.7 Å². The predicted octanol–water partition coefficient (Wildman–Crippen LogP) is 5.26.